The lowest BCUT2D eigenvalue weighted by Gasteiger charge is -2.20. The van der Waals surface area contributed by atoms with E-state index in [0.717, 1.165) is 11.1 Å². The molecule has 0 saturated heterocycles. The van der Waals surface area contributed by atoms with Crippen LogP contribution in [0.5, 0.6) is 0 Å². The third-order valence-corrected chi connectivity index (χ3v) is 3.35. The number of fused-ring (bicyclic) bond motifs is 1. The number of carboxylic acid groups (broad SMARTS) is 1. The minimum atomic E-state index is -0.832. The molecule has 0 aliphatic heterocycles. The van der Waals surface area contributed by atoms with Gasteiger partial charge in [0.05, 0.1) is 5.57 Å². The van der Waals surface area contributed by atoms with Crippen molar-refractivity contribution in [2.45, 2.75) is 39.0 Å². The van der Waals surface area contributed by atoms with E-state index in [0.29, 0.717) is 5.57 Å². The maximum atomic E-state index is 11.2. The number of carbonyl (C=O) groups is 1. The summed E-state index contributed by atoms with van der Waals surface area (Å²) in [5.41, 5.74) is 3.67. The molecule has 90 valence electrons. The van der Waals surface area contributed by atoms with Crippen molar-refractivity contribution in [3.63, 3.8) is 0 Å². The van der Waals surface area contributed by atoms with Crippen molar-refractivity contribution in [2.24, 2.45) is 0 Å². The Morgan fingerprint density at radius 3 is 2.47 bits per heavy atom. The van der Waals surface area contributed by atoms with Gasteiger partial charge < -0.3 is 5.11 Å². The Hall–Kier alpha value is -1.57. The topological polar surface area (TPSA) is 37.3 Å². The summed E-state index contributed by atoms with van der Waals surface area (Å²) in [6, 6.07) is 6.19. The Bertz CT molecular complexity index is 504. The first kappa shape index (κ1) is 11.9. The summed E-state index contributed by atoms with van der Waals surface area (Å²) in [7, 11) is 0. The lowest BCUT2D eigenvalue weighted by Crippen LogP contribution is -2.12. The molecule has 1 aromatic carbocycles. The van der Waals surface area contributed by atoms with Crippen molar-refractivity contribution in [1.29, 1.82) is 0 Å². The molecule has 1 atom stereocenters. The SMILES string of the molecule is CC1C=C(C(=O)O)c2cc(C(C)(C)C)ccc21. The highest BCUT2D eigenvalue weighted by Gasteiger charge is 2.26. The maximum absolute atomic E-state index is 11.2. The standard InChI is InChI=1S/C15H18O2/c1-9-7-13(14(16)17)12-8-10(15(2,3)4)5-6-11(9)12/h5-9H,1-4H3,(H,16,17). The molecule has 2 rings (SSSR count). The van der Waals surface area contributed by atoms with Gasteiger partial charge in [-0.1, -0.05) is 52.0 Å². The molecule has 0 fully saturated rings. The van der Waals surface area contributed by atoms with Gasteiger partial charge in [-0.3, -0.25) is 0 Å². The molecule has 1 aliphatic carbocycles. The van der Waals surface area contributed by atoms with E-state index in [1.54, 1.807) is 0 Å². The van der Waals surface area contributed by atoms with E-state index in [9.17, 15) is 9.90 Å². The molecular weight excluding hydrogens is 212 g/mol. The van der Waals surface area contributed by atoms with E-state index in [2.05, 4.69) is 32.9 Å². The van der Waals surface area contributed by atoms with E-state index in [1.807, 2.05) is 19.1 Å². The molecule has 1 unspecified atom stereocenters. The molecule has 0 bridgehead atoms. The summed E-state index contributed by atoms with van der Waals surface area (Å²) in [5.74, 6) is -0.633. The van der Waals surface area contributed by atoms with Gasteiger partial charge in [0.15, 0.2) is 0 Å². The van der Waals surface area contributed by atoms with Gasteiger partial charge in [0.25, 0.3) is 0 Å². The molecule has 1 aliphatic rings. The second-order valence-corrected chi connectivity index (χ2v) is 5.73. The highest BCUT2D eigenvalue weighted by atomic mass is 16.4. The van der Waals surface area contributed by atoms with Crippen LogP contribution in [0.3, 0.4) is 0 Å². The van der Waals surface area contributed by atoms with Crippen LogP contribution in [0.25, 0.3) is 5.57 Å². The first-order valence-electron chi connectivity index (χ1n) is 5.90. The van der Waals surface area contributed by atoms with Crippen LogP contribution in [0.4, 0.5) is 0 Å². The smallest absolute Gasteiger partial charge is 0.335 e. The van der Waals surface area contributed by atoms with Crippen molar-refractivity contribution in [3.05, 3.63) is 41.0 Å². The number of rotatable bonds is 1. The molecule has 0 spiro atoms. The van der Waals surface area contributed by atoms with Crippen molar-refractivity contribution in [3.8, 4) is 0 Å². The predicted molar refractivity (Wildman–Crippen MR) is 69.2 cm³/mol. The number of hydrogen-bond donors (Lipinski definition) is 1. The van der Waals surface area contributed by atoms with Crippen molar-refractivity contribution in [1.82, 2.24) is 0 Å². The van der Waals surface area contributed by atoms with E-state index in [-0.39, 0.29) is 11.3 Å². The average Bonchev–Trinajstić information content (AvgIpc) is 2.54. The lowest BCUT2D eigenvalue weighted by atomic mass is 9.84. The Morgan fingerprint density at radius 1 is 1.29 bits per heavy atom. The molecule has 0 heterocycles. The van der Waals surface area contributed by atoms with Gasteiger partial charge in [0.1, 0.15) is 0 Å². The summed E-state index contributed by atoms with van der Waals surface area (Å²) in [6.07, 6.45) is 1.83. The van der Waals surface area contributed by atoms with Gasteiger partial charge in [-0.2, -0.15) is 0 Å². The predicted octanol–water partition coefficient (Wildman–Crippen LogP) is 3.57. The molecular formula is C15H18O2. The van der Waals surface area contributed by atoms with Crippen molar-refractivity contribution >= 4 is 11.5 Å². The van der Waals surface area contributed by atoms with E-state index in [4.69, 9.17) is 0 Å². The van der Waals surface area contributed by atoms with E-state index in [1.165, 1.54) is 5.56 Å². The number of benzene rings is 1. The second-order valence-electron chi connectivity index (χ2n) is 5.73. The van der Waals surface area contributed by atoms with Crippen LogP contribution in [0.1, 0.15) is 50.3 Å². The quantitative estimate of drug-likeness (QED) is 0.800. The van der Waals surface area contributed by atoms with Crippen LogP contribution in [-0.2, 0) is 10.2 Å². The molecule has 1 N–H and O–H groups in total. The molecule has 1 aromatic rings. The van der Waals surface area contributed by atoms with Gasteiger partial charge in [-0.05, 0) is 22.1 Å². The van der Waals surface area contributed by atoms with Gasteiger partial charge in [0.2, 0.25) is 0 Å². The number of allylic oxidation sites excluding steroid dienone is 1. The fourth-order valence-corrected chi connectivity index (χ4v) is 2.27. The number of carboxylic acids is 1. The normalized spacial score (nSPS) is 18.8. The van der Waals surface area contributed by atoms with Gasteiger partial charge in [0, 0.05) is 5.92 Å². The van der Waals surface area contributed by atoms with Crippen molar-refractivity contribution in [2.75, 3.05) is 0 Å². The van der Waals surface area contributed by atoms with Gasteiger partial charge >= 0.3 is 5.97 Å². The highest BCUT2D eigenvalue weighted by molar-refractivity contribution is 6.17. The number of aliphatic carboxylic acids is 1. The Morgan fingerprint density at radius 2 is 1.94 bits per heavy atom. The summed E-state index contributed by atoms with van der Waals surface area (Å²) in [4.78, 5) is 11.2. The number of hydrogen-bond acceptors (Lipinski definition) is 1. The van der Waals surface area contributed by atoms with Crippen LogP contribution < -0.4 is 0 Å². The third kappa shape index (κ3) is 1.99. The molecule has 0 saturated carbocycles. The Kier molecular flexibility index (Phi) is 2.61. The van der Waals surface area contributed by atoms with Crippen LogP contribution in [-0.4, -0.2) is 11.1 Å². The first-order chi connectivity index (χ1) is 7.80. The van der Waals surface area contributed by atoms with Crippen LogP contribution in [0.15, 0.2) is 24.3 Å². The van der Waals surface area contributed by atoms with E-state index < -0.39 is 5.97 Å². The molecule has 0 aromatic heterocycles. The molecule has 2 nitrogen and oxygen atoms in total. The summed E-state index contributed by atoms with van der Waals surface area (Å²) < 4.78 is 0. The first-order valence-corrected chi connectivity index (χ1v) is 5.90. The largest absolute Gasteiger partial charge is 0.478 e. The summed E-state index contributed by atoms with van der Waals surface area (Å²) >= 11 is 0. The maximum Gasteiger partial charge on any atom is 0.335 e. The third-order valence-electron chi connectivity index (χ3n) is 3.35. The van der Waals surface area contributed by atoms with Crippen molar-refractivity contribution < 1.29 is 9.90 Å². The Labute approximate surface area is 102 Å². The minimum absolute atomic E-state index is 0.0461. The van der Waals surface area contributed by atoms with Crippen LogP contribution in [0, 0.1) is 0 Å². The summed E-state index contributed by atoms with van der Waals surface area (Å²) in [5, 5.41) is 9.20. The van der Waals surface area contributed by atoms with E-state index >= 15 is 0 Å². The minimum Gasteiger partial charge on any atom is -0.478 e. The fourth-order valence-electron chi connectivity index (χ4n) is 2.27. The van der Waals surface area contributed by atoms with Crippen LogP contribution in [0.2, 0.25) is 0 Å². The highest BCUT2D eigenvalue weighted by Crippen LogP contribution is 2.38. The van der Waals surface area contributed by atoms with Crippen LogP contribution >= 0.6 is 0 Å². The monoisotopic (exact) mass is 230 g/mol. The summed E-state index contributed by atoms with van der Waals surface area (Å²) in [6.45, 7) is 8.44. The van der Waals surface area contributed by atoms with Gasteiger partial charge in [-0.25, -0.2) is 4.79 Å². The lowest BCUT2D eigenvalue weighted by molar-refractivity contribution is -0.130. The average molecular weight is 230 g/mol. The second kappa shape index (κ2) is 3.73. The molecule has 0 radical (unpaired) electrons. The molecule has 0 amide bonds. The molecule has 17 heavy (non-hydrogen) atoms. The molecule has 2 heteroatoms. The zero-order valence-electron chi connectivity index (χ0n) is 10.7. The Balaban J connectivity index is 2.56. The van der Waals surface area contributed by atoms with Gasteiger partial charge in [-0.15, -0.1) is 0 Å². The zero-order chi connectivity index (χ0) is 12.8. The fraction of sp³-hybridized carbons (Fsp3) is 0.400. The zero-order valence-corrected chi connectivity index (χ0v) is 10.7.